The van der Waals surface area contributed by atoms with Crippen molar-refractivity contribution >= 4 is 5.97 Å². The lowest BCUT2D eigenvalue weighted by Crippen LogP contribution is -2.64. The van der Waals surface area contributed by atoms with Gasteiger partial charge in [-0.05, 0) is 115 Å². The van der Waals surface area contributed by atoms with Crippen LogP contribution in [0.5, 0.6) is 0 Å². The second-order valence-electron chi connectivity index (χ2n) is 16.3. The molecule has 1 aliphatic heterocycles. The minimum Gasteiger partial charge on any atom is -0.481 e. The van der Waals surface area contributed by atoms with Gasteiger partial charge in [0.2, 0.25) is 0 Å². The molecule has 0 aromatic carbocycles. The Morgan fingerprint density at radius 2 is 1.69 bits per heavy atom. The molecular formula is C35H54O7. The highest BCUT2D eigenvalue weighted by Gasteiger charge is 2.68. The Hall–Kier alpha value is -1.25. The SMILES string of the molecule is CC1=C2C3=CC[C@@H]4[C@@]5(C)CC[C@H](O[C@@H]6O[C@H](CO)[C@H](O)[C@@H]6O)C(C)(C)[C@@H]5CC[C@@]4(C)[C@]3(C)CC[C@@]2(C(=O)O)CC[C@@H]1C. The Balaban J connectivity index is 1.33. The van der Waals surface area contributed by atoms with Gasteiger partial charge in [0.1, 0.15) is 18.3 Å². The second-order valence-corrected chi connectivity index (χ2v) is 16.3. The summed E-state index contributed by atoms with van der Waals surface area (Å²) in [5.41, 5.74) is 3.00. The van der Waals surface area contributed by atoms with Crippen molar-refractivity contribution in [1.29, 1.82) is 0 Å². The van der Waals surface area contributed by atoms with Crippen LogP contribution in [-0.2, 0) is 14.3 Å². The average Bonchev–Trinajstić information content (AvgIpc) is 3.20. The van der Waals surface area contributed by atoms with Crippen molar-refractivity contribution in [2.45, 2.75) is 137 Å². The number of carboxylic acid groups (broad SMARTS) is 1. The van der Waals surface area contributed by atoms with Crippen LogP contribution in [0.25, 0.3) is 0 Å². The third-order valence-electron chi connectivity index (χ3n) is 14.5. The van der Waals surface area contributed by atoms with Crippen LogP contribution in [0.1, 0.15) is 106 Å². The molecule has 1 saturated heterocycles. The third-order valence-corrected chi connectivity index (χ3v) is 14.5. The molecule has 42 heavy (non-hydrogen) atoms. The number of carboxylic acids is 1. The number of ether oxygens (including phenoxy) is 2. The molecule has 0 aromatic heterocycles. The van der Waals surface area contributed by atoms with E-state index in [1.165, 1.54) is 16.7 Å². The molecule has 7 heteroatoms. The van der Waals surface area contributed by atoms with Gasteiger partial charge in [-0.2, -0.15) is 0 Å². The summed E-state index contributed by atoms with van der Waals surface area (Å²) < 4.78 is 12.2. The zero-order chi connectivity index (χ0) is 30.6. The first-order chi connectivity index (χ1) is 19.6. The molecule has 6 aliphatic rings. The van der Waals surface area contributed by atoms with Gasteiger partial charge in [0.25, 0.3) is 0 Å². The lowest BCUT2D eigenvalue weighted by Gasteiger charge is -2.70. The monoisotopic (exact) mass is 586 g/mol. The number of hydrogen-bond donors (Lipinski definition) is 4. The highest BCUT2D eigenvalue weighted by molar-refractivity contribution is 5.82. The summed E-state index contributed by atoms with van der Waals surface area (Å²) in [5, 5.41) is 41.0. The quantitative estimate of drug-likeness (QED) is 0.338. The van der Waals surface area contributed by atoms with E-state index >= 15 is 0 Å². The number of carbonyl (C=O) groups is 1. The molecule has 1 heterocycles. The van der Waals surface area contributed by atoms with Crippen LogP contribution >= 0.6 is 0 Å². The molecule has 12 atom stereocenters. The van der Waals surface area contributed by atoms with Crippen LogP contribution in [0.3, 0.4) is 0 Å². The largest absolute Gasteiger partial charge is 0.481 e. The molecule has 236 valence electrons. The van der Waals surface area contributed by atoms with Crippen LogP contribution in [0.4, 0.5) is 0 Å². The predicted molar refractivity (Wildman–Crippen MR) is 159 cm³/mol. The van der Waals surface area contributed by atoms with Gasteiger partial charge in [0.05, 0.1) is 18.1 Å². The number of aliphatic hydroxyl groups excluding tert-OH is 3. The standard InChI is InChI=1S/C35H54O7/c1-19-10-15-35(30(39)40)17-16-33(6)21(26(35)20(19)2)8-9-24-32(5)13-12-25(31(3,4)23(32)11-14-34(24,33)7)42-29-28(38)27(37)22(18-36)41-29/h8,19,22-25,27-29,36-38H,9-18H2,1-7H3,(H,39,40)/t19-,22+,23-,24+,25-,27-,28-,29-,32-,33+,34+,35-/m0/s1. The highest BCUT2D eigenvalue weighted by atomic mass is 16.7. The van der Waals surface area contributed by atoms with Crippen LogP contribution in [0.2, 0.25) is 0 Å². The topological polar surface area (TPSA) is 116 Å². The maximum absolute atomic E-state index is 12.9. The fourth-order valence-corrected chi connectivity index (χ4v) is 11.6. The van der Waals surface area contributed by atoms with E-state index < -0.39 is 36.0 Å². The fourth-order valence-electron chi connectivity index (χ4n) is 11.6. The summed E-state index contributed by atoms with van der Waals surface area (Å²) >= 11 is 0. The van der Waals surface area contributed by atoms with Gasteiger partial charge >= 0.3 is 5.97 Å². The zero-order valence-corrected chi connectivity index (χ0v) is 26.8. The van der Waals surface area contributed by atoms with E-state index in [1.807, 2.05) is 0 Å². The van der Waals surface area contributed by atoms with Gasteiger partial charge in [0, 0.05) is 0 Å². The van der Waals surface area contributed by atoms with E-state index in [4.69, 9.17) is 9.47 Å². The molecule has 7 nitrogen and oxygen atoms in total. The summed E-state index contributed by atoms with van der Waals surface area (Å²) in [6, 6.07) is 0. The number of rotatable bonds is 4. The van der Waals surface area contributed by atoms with E-state index in [0.717, 1.165) is 57.8 Å². The van der Waals surface area contributed by atoms with Gasteiger partial charge in [0.15, 0.2) is 6.29 Å². The van der Waals surface area contributed by atoms with Crippen molar-refractivity contribution in [1.82, 2.24) is 0 Å². The minimum absolute atomic E-state index is 0.0634. The molecule has 4 fully saturated rings. The van der Waals surface area contributed by atoms with Gasteiger partial charge < -0.3 is 29.9 Å². The predicted octanol–water partition coefficient (Wildman–Crippen LogP) is 5.62. The normalized spacial score (nSPS) is 51.6. The molecule has 0 bridgehead atoms. The highest BCUT2D eigenvalue weighted by Crippen LogP contribution is 2.75. The Labute approximate surface area is 251 Å². The maximum atomic E-state index is 12.9. The van der Waals surface area contributed by atoms with E-state index in [1.54, 1.807) is 0 Å². The van der Waals surface area contributed by atoms with Crippen molar-refractivity contribution in [3.63, 3.8) is 0 Å². The average molecular weight is 587 g/mol. The molecule has 0 spiro atoms. The fraction of sp³-hybridized carbons (Fsp3) is 0.857. The molecule has 3 saturated carbocycles. The van der Waals surface area contributed by atoms with Gasteiger partial charge in [-0.15, -0.1) is 0 Å². The van der Waals surface area contributed by atoms with Crippen molar-refractivity contribution in [3.05, 3.63) is 22.8 Å². The van der Waals surface area contributed by atoms with Crippen molar-refractivity contribution in [2.24, 2.45) is 44.8 Å². The Morgan fingerprint density at radius 1 is 0.976 bits per heavy atom. The van der Waals surface area contributed by atoms with Gasteiger partial charge in [-0.1, -0.05) is 53.2 Å². The van der Waals surface area contributed by atoms with E-state index in [-0.39, 0.29) is 34.4 Å². The van der Waals surface area contributed by atoms with Crippen molar-refractivity contribution in [2.75, 3.05) is 6.61 Å². The van der Waals surface area contributed by atoms with Crippen LogP contribution in [-0.4, -0.2) is 63.7 Å². The minimum atomic E-state index is -1.17. The van der Waals surface area contributed by atoms with Crippen molar-refractivity contribution in [3.8, 4) is 0 Å². The molecule has 0 radical (unpaired) electrons. The van der Waals surface area contributed by atoms with Crippen LogP contribution in [0.15, 0.2) is 22.8 Å². The number of hydrogen-bond acceptors (Lipinski definition) is 6. The first-order valence-electron chi connectivity index (χ1n) is 16.5. The van der Waals surface area contributed by atoms with E-state index in [9.17, 15) is 25.2 Å². The number of aliphatic carboxylic acids is 1. The lowest BCUT2D eigenvalue weighted by atomic mass is 9.34. The first kappa shape index (κ1) is 30.8. The van der Waals surface area contributed by atoms with Gasteiger partial charge in [-0.3, -0.25) is 4.79 Å². The summed E-state index contributed by atoms with van der Waals surface area (Å²) in [6.45, 7) is 16.2. The zero-order valence-electron chi connectivity index (χ0n) is 26.8. The lowest BCUT2D eigenvalue weighted by molar-refractivity contribution is -0.258. The van der Waals surface area contributed by atoms with Crippen LogP contribution < -0.4 is 0 Å². The molecule has 0 amide bonds. The van der Waals surface area contributed by atoms with Crippen LogP contribution in [0, 0.1) is 44.8 Å². The molecule has 0 aromatic rings. The van der Waals surface area contributed by atoms with E-state index in [2.05, 4.69) is 54.5 Å². The summed E-state index contributed by atoms with van der Waals surface area (Å²) in [7, 11) is 0. The Kier molecular flexibility index (Phi) is 7.23. The summed E-state index contributed by atoms with van der Waals surface area (Å²) in [4.78, 5) is 12.9. The van der Waals surface area contributed by atoms with Gasteiger partial charge in [-0.25, -0.2) is 0 Å². The molecule has 4 N–H and O–H groups in total. The number of aliphatic hydroxyl groups is 3. The Morgan fingerprint density at radius 3 is 2.33 bits per heavy atom. The maximum Gasteiger partial charge on any atom is 0.314 e. The van der Waals surface area contributed by atoms with Crippen molar-refractivity contribution < 1.29 is 34.7 Å². The molecule has 0 unspecified atom stereocenters. The third kappa shape index (κ3) is 3.85. The summed E-state index contributed by atoms with van der Waals surface area (Å²) in [6.07, 6.45) is 6.59. The second kappa shape index (κ2) is 9.87. The molecule has 6 rings (SSSR count). The number of fused-ring (bicyclic) bond motifs is 7. The summed E-state index contributed by atoms with van der Waals surface area (Å²) in [5.74, 6) is 0.673. The smallest absolute Gasteiger partial charge is 0.314 e. The molecule has 5 aliphatic carbocycles. The van der Waals surface area contributed by atoms with E-state index in [0.29, 0.717) is 17.8 Å². The molecular weight excluding hydrogens is 532 g/mol. The number of allylic oxidation sites excluding steroid dienone is 3. The first-order valence-corrected chi connectivity index (χ1v) is 16.5. The Bertz CT molecular complexity index is 1190.